The molecular weight excluding hydrogens is 288 g/mol. The number of benzene rings is 2. The van der Waals surface area contributed by atoms with Crippen molar-refractivity contribution in [2.45, 2.75) is 27.2 Å². The highest BCUT2D eigenvalue weighted by Gasteiger charge is 2.22. The minimum absolute atomic E-state index is 0.0518. The lowest BCUT2D eigenvalue weighted by atomic mass is 10.0. The summed E-state index contributed by atoms with van der Waals surface area (Å²) in [6.07, 6.45) is 0.822. The summed E-state index contributed by atoms with van der Waals surface area (Å²) in [5, 5.41) is 2.96. The second-order valence-electron chi connectivity index (χ2n) is 6.04. The van der Waals surface area contributed by atoms with E-state index in [1.165, 1.54) is 0 Å². The predicted octanol–water partition coefficient (Wildman–Crippen LogP) is 3.46. The number of hydrogen-bond donors (Lipinski definition) is 1. The molecule has 0 atom stereocenters. The van der Waals surface area contributed by atoms with Crippen molar-refractivity contribution in [1.82, 2.24) is 0 Å². The van der Waals surface area contributed by atoms with Crippen molar-refractivity contribution < 1.29 is 9.59 Å². The van der Waals surface area contributed by atoms with Crippen molar-refractivity contribution in [2.24, 2.45) is 0 Å². The molecule has 23 heavy (non-hydrogen) atoms. The third-order valence-electron chi connectivity index (χ3n) is 4.25. The van der Waals surface area contributed by atoms with Gasteiger partial charge in [0.2, 0.25) is 5.91 Å². The SMILES string of the molecule is CC(=O)N1CCc2cc(NC(=O)c3cc(C)ccc3C)ccc21. The maximum Gasteiger partial charge on any atom is 0.255 e. The predicted molar refractivity (Wildman–Crippen MR) is 92.0 cm³/mol. The summed E-state index contributed by atoms with van der Waals surface area (Å²) in [6, 6.07) is 11.6. The van der Waals surface area contributed by atoms with Crippen molar-refractivity contribution in [3.05, 3.63) is 58.7 Å². The molecular formula is C19H20N2O2. The van der Waals surface area contributed by atoms with E-state index < -0.39 is 0 Å². The van der Waals surface area contributed by atoms with E-state index in [9.17, 15) is 9.59 Å². The Balaban J connectivity index is 1.83. The molecule has 0 saturated carbocycles. The normalized spacial score (nSPS) is 12.9. The maximum atomic E-state index is 12.5. The van der Waals surface area contributed by atoms with Gasteiger partial charge in [0.25, 0.3) is 5.91 Å². The van der Waals surface area contributed by atoms with E-state index in [0.29, 0.717) is 12.1 Å². The van der Waals surface area contributed by atoms with Crippen LogP contribution in [0, 0.1) is 13.8 Å². The van der Waals surface area contributed by atoms with E-state index in [4.69, 9.17) is 0 Å². The summed E-state index contributed by atoms with van der Waals surface area (Å²) in [4.78, 5) is 25.8. The Morgan fingerprint density at radius 3 is 2.61 bits per heavy atom. The molecule has 4 nitrogen and oxygen atoms in total. The van der Waals surface area contributed by atoms with Crippen LogP contribution in [-0.4, -0.2) is 18.4 Å². The average Bonchev–Trinajstić information content (AvgIpc) is 2.93. The smallest absolute Gasteiger partial charge is 0.255 e. The molecule has 0 spiro atoms. The van der Waals surface area contributed by atoms with Crippen LogP contribution >= 0.6 is 0 Å². The summed E-state index contributed by atoms with van der Waals surface area (Å²) >= 11 is 0. The molecule has 2 aromatic carbocycles. The first kappa shape index (κ1) is 15.3. The number of hydrogen-bond acceptors (Lipinski definition) is 2. The fourth-order valence-electron chi connectivity index (χ4n) is 2.99. The fourth-order valence-corrected chi connectivity index (χ4v) is 2.99. The molecule has 1 aliphatic rings. The van der Waals surface area contributed by atoms with E-state index >= 15 is 0 Å². The van der Waals surface area contributed by atoms with Gasteiger partial charge in [-0.1, -0.05) is 17.7 Å². The lowest BCUT2D eigenvalue weighted by molar-refractivity contribution is -0.116. The summed E-state index contributed by atoms with van der Waals surface area (Å²) in [6.45, 7) is 6.19. The van der Waals surface area contributed by atoms with Gasteiger partial charge in [0.1, 0.15) is 0 Å². The molecule has 2 aromatic rings. The molecule has 0 radical (unpaired) electrons. The van der Waals surface area contributed by atoms with Gasteiger partial charge in [-0.05, 0) is 55.7 Å². The largest absolute Gasteiger partial charge is 0.322 e. The minimum atomic E-state index is -0.104. The number of nitrogens with one attached hydrogen (secondary N) is 1. The lowest BCUT2D eigenvalue weighted by Gasteiger charge is -2.15. The Kier molecular flexibility index (Phi) is 3.90. The Hall–Kier alpha value is -2.62. The Morgan fingerprint density at radius 1 is 1.09 bits per heavy atom. The molecule has 0 aromatic heterocycles. The van der Waals surface area contributed by atoms with Crippen LogP contribution in [0.3, 0.4) is 0 Å². The number of fused-ring (bicyclic) bond motifs is 1. The van der Waals surface area contributed by atoms with Crippen molar-refractivity contribution in [2.75, 3.05) is 16.8 Å². The van der Waals surface area contributed by atoms with Crippen LogP contribution in [0.4, 0.5) is 11.4 Å². The second kappa shape index (κ2) is 5.88. The van der Waals surface area contributed by atoms with Crippen LogP contribution in [0.2, 0.25) is 0 Å². The van der Waals surface area contributed by atoms with Gasteiger partial charge in [-0.15, -0.1) is 0 Å². The standard InChI is InChI=1S/C19H20N2O2/c1-12-4-5-13(2)17(10-12)19(23)20-16-6-7-18-15(11-16)8-9-21(18)14(3)22/h4-7,10-11H,8-9H2,1-3H3,(H,20,23). The van der Waals surface area contributed by atoms with Crippen LogP contribution in [0.1, 0.15) is 34.0 Å². The van der Waals surface area contributed by atoms with Gasteiger partial charge in [-0.3, -0.25) is 9.59 Å². The first-order chi connectivity index (χ1) is 11.0. The van der Waals surface area contributed by atoms with E-state index in [2.05, 4.69) is 5.32 Å². The topological polar surface area (TPSA) is 49.4 Å². The highest BCUT2D eigenvalue weighted by molar-refractivity contribution is 6.05. The molecule has 1 N–H and O–H groups in total. The monoisotopic (exact) mass is 308 g/mol. The van der Waals surface area contributed by atoms with Crippen LogP contribution < -0.4 is 10.2 Å². The molecule has 0 aliphatic carbocycles. The van der Waals surface area contributed by atoms with Gasteiger partial charge in [-0.2, -0.15) is 0 Å². The fraction of sp³-hybridized carbons (Fsp3) is 0.263. The third kappa shape index (κ3) is 2.97. The van der Waals surface area contributed by atoms with Crippen LogP contribution in [0.25, 0.3) is 0 Å². The first-order valence-electron chi connectivity index (χ1n) is 7.75. The number of anilines is 2. The van der Waals surface area contributed by atoms with Gasteiger partial charge in [0, 0.05) is 30.4 Å². The molecule has 0 bridgehead atoms. The van der Waals surface area contributed by atoms with Crippen LogP contribution in [0.5, 0.6) is 0 Å². The highest BCUT2D eigenvalue weighted by Crippen LogP contribution is 2.30. The van der Waals surface area contributed by atoms with Gasteiger partial charge in [0.05, 0.1) is 0 Å². The zero-order valence-corrected chi connectivity index (χ0v) is 13.6. The molecule has 118 valence electrons. The van der Waals surface area contributed by atoms with Gasteiger partial charge in [-0.25, -0.2) is 0 Å². The Morgan fingerprint density at radius 2 is 1.87 bits per heavy atom. The number of nitrogens with zero attached hydrogens (tertiary/aromatic N) is 1. The summed E-state index contributed by atoms with van der Waals surface area (Å²) in [7, 11) is 0. The summed E-state index contributed by atoms with van der Waals surface area (Å²) in [5.74, 6) is -0.0523. The highest BCUT2D eigenvalue weighted by atomic mass is 16.2. The molecule has 4 heteroatoms. The molecule has 0 fully saturated rings. The van der Waals surface area contributed by atoms with Crippen molar-refractivity contribution in [1.29, 1.82) is 0 Å². The third-order valence-corrected chi connectivity index (χ3v) is 4.25. The summed E-state index contributed by atoms with van der Waals surface area (Å²) in [5.41, 5.74) is 5.51. The Labute approximate surface area is 136 Å². The second-order valence-corrected chi connectivity index (χ2v) is 6.04. The first-order valence-corrected chi connectivity index (χ1v) is 7.75. The Bertz CT molecular complexity index is 796. The zero-order valence-electron chi connectivity index (χ0n) is 13.6. The average molecular weight is 308 g/mol. The molecule has 2 amide bonds. The van der Waals surface area contributed by atoms with E-state index in [-0.39, 0.29) is 11.8 Å². The van der Waals surface area contributed by atoms with Gasteiger partial charge < -0.3 is 10.2 Å². The number of carbonyl (C=O) groups is 2. The van der Waals surface area contributed by atoms with Crippen molar-refractivity contribution in [3.8, 4) is 0 Å². The molecule has 0 unspecified atom stereocenters. The maximum absolute atomic E-state index is 12.5. The quantitative estimate of drug-likeness (QED) is 0.923. The molecule has 0 saturated heterocycles. The van der Waals surface area contributed by atoms with Gasteiger partial charge in [0.15, 0.2) is 0 Å². The lowest BCUT2D eigenvalue weighted by Crippen LogP contribution is -2.25. The van der Waals surface area contributed by atoms with Crippen LogP contribution in [-0.2, 0) is 11.2 Å². The number of rotatable bonds is 2. The molecule has 3 rings (SSSR count). The molecule has 1 aliphatic heterocycles. The number of amides is 2. The summed E-state index contributed by atoms with van der Waals surface area (Å²) < 4.78 is 0. The minimum Gasteiger partial charge on any atom is -0.322 e. The van der Waals surface area contributed by atoms with E-state index in [1.54, 1.807) is 11.8 Å². The van der Waals surface area contributed by atoms with Crippen molar-refractivity contribution >= 4 is 23.2 Å². The molecule has 1 heterocycles. The van der Waals surface area contributed by atoms with Crippen LogP contribution in [0.15, 0.2) is 36.4 Å². The number of aryl methyl sites for hydroxylation is 2. The van der Waals surface area contributed by atoms with E-state index in [1.807, 2.05) is 50.2 Å². The zero-order chi connectivity index (χ0) is 16.6. The van der Waals surface area contributed by atoms with E-state index in [0.717, 1.165) is 34.5 Å². The number of carbonyl (C=O) groups excluding carboxylic acids is 2. The van der Waals surface area contributed by atoms with Crippen molar-refractivity contribution in [3.63, 3.8) is 0 Å². The van der Waals surface area contributed by atoms with Gasteiger partial charge >= 0.3 is 0 Å².